The van der Waals surface area contributed by atoms with E-state index in [0.29, 0.717) is 12.1 Å². The normalized spacial score (nSPS) is 11.8. The van der Waals surface area contributed by atoms with Gasteiger partial charge in [-0.1, -0.05) is 24.3 Å². The number of aliphatic imine (C=N–C) groups is 1. The molecule has 2 aromatic heterocycles. The van der Waals surface area contributed by atoms with Crippen LogP contribution < -0.4 is 5.56 Å². The van der Waals surface area contributed by atoms with Gasteiger partial charge in [0.05, 0.1) is 17.8 Å². The number of aryl methyl sites for hydroxylation is 1. The first-order chi connectivity index (χ1) is 10.7. The van der Waals surface area contributed by atoms with Gasteiger partial charge in [-0.25, -0.2) is 4.68 Å². The van der Waals surface area contributed by atoms with Crippen LogP contribution in [0.15, 0.2) is 57.6 Å². The molecule has 0 radical (unpaired) electrons. The summed E-state index contributed by atoms with van der Waals surface area (Å²) in [5, 5.41) is 5.16. The molecule has 1 N–H and O–H groups in total. The van der Waals surface area contributed by atoms with E-state index in [1.165, 1.54) is 4.88 Å². The smallest absolute Gasteiger partial charge is 0.280 e. The second kappa shape index (κ2) is 6.15. The van der Waals surface area contributed by atoms with Crippen molar-refractivity contribution >= 4 is 17.0 Å². The lowest BCUT2D eigenvalue weighted by Gasteiger charge is -1.99. The highest BCUT2D eigenvalue weighted by molar-refractivity contribution is 7.09. The molecule has 0 spiro atoms. The Kier molecular flexibility index (Phi) is 4.06. The summed E-state index contributed by atoms with van der Waals surface area (Å²) in [7, 11) is 0. The van der Waals surface area contributed by atoms with Crippen molar-refractivity contribution in [1.29, 1.82) is 0 Å². The van der Waals surface area contributed by atoms with E-state index < -0.39 is 0 Å². The summed E-state index contributed by atoms with van der Waals surface area (Å²) in [6.07, 6.45) is 0. The Labute approximate surface area is 132 Å². The molecular formula is C17H17N3OS. The maximum absolute atomic E-state index is 12.6. The standard InChI is InChI=1S/C17H17N3OS/c1-12(18-11-15-9-6-10-22-15)16-13(2)19-20(17(16)21)14-7-4-3-5-8-14/h3-10,19H,11H2,1-2H3. The van der Waals surface area contributed by atoms with Crippen molar-refractivity contribution in [2.24, 2.45) is 4.99 Å². The maximum Gasteiger partial charge on any atom is 0.280 e. The molecule has 3 aromatic rings. The van der Waals surface area contributed by atoms with E-state index in [9.17, 15) is 4.79 Å². The van der Waals surface area contributed by atoms with Gasteiger partial charge < -0.3 is 0 Å². The van der Waals surface area contributed by atoms with Crippen LogP contribution in [0.1, 0.15) is 23.1 Å². The average Bonchev–Trinajstić information content (AvgIpc) is 3.14. The molecule has 5 heteroatoms. The van der Waals surface area contributed by atoms with Crippen LogP contribution in [0.5, 0.6) is 0 Å². The summed E-state index contributed by atoms with van der Waals surface area (Å²) in [6, 6.07) is 13.6. The van der Waals surface area contributed by atoms with Gasteiger partial charge in [0.15, 0.2) is 0 Å². The molecule has 3 rings (SSSR count). The lowest BCUT2D eigenvalue weighted by Crippen LogP contribution is -2.19. The molecular weight excluding hydrogens is 294 g/mol. The molecule has 0 saturated heterocycles. The van der Waals surface area contributed by atoms with Crippen molar-refractivity contribution in [3.05, 3.63) is 74.3 Å². The van der Waals surface area contributed by atoms with Crippen LogP contribution in [0, 0.1) is 6.92 Å². The number of nitrogens with one attached hydrogen (secondary N) is 1. The van der Waals surface area contributed by atoms with E-state index in [4.69, 9.17) is 0 Å². The van der Waals surface area contributed by atoms with Crippen LogP contribution in [0.2, 0.25) is 0 Å². The first kappa shape index (κ1) is 14.5. The van der Waals surface area contributed by atoms with E-state index in [2.05, 4.69) is 10.1 Å². The van der Waals surface area contributed by atoms with Gasteiger partial charge in [0.2, 0.25) is 0 Å². The van der Waals surface area contributed by atoms with Gasteiger partial charge in [-0.15, -0.1) is 11.3 Å². The van der Waals surface area contributed by atoms with Crippen molar-refractivity contribution in [1.82, 2.24) is 9.78 Å². The van der Waals surface area contributed by atoms with Crippen molar-refractivity contribution in [2.75, 3.05) is 0 Å². The minimum absolute atomic E-state index is 0.0591. The van der Waals surface area contributed by atoms with Gasteiger partial charge in [-0.2, -0.15) is 0 Å². The van der Waals surface area contributed by atoms with Crippen LogP contribution in [0.3, 0.4) is 0 Å². The number of thiophene rings is 1. The van der Waals surface area contributed by atoms with E-state index in [1.54, 1.807) is 16.0 Å². The van der Waals surface area contributed by atoms with Crippen LogP contribution in [0.25, 0.3) is 5.69 Å². The lowest BCUT2D eigenvalue weighted by molar-refractivity contribution is 0.835. The Morgan fingerprint density at radius 3 is 2.68 bits per heavy atom. The van der Waals surface area contributed by atoms with E-state index >= 15 is 0 Å². The molecule has 0 saturated carbocycles. The number of H-pyrrole nitrogens is 1. The zero-order valence-electron chi connectivity index (χ0n) is 12.5. The van der Waals surface area contributed by atoms with Gasteiger partial charge >= 0.3 is 0 Å². The number of rotatable bonds is 4. The predicted octanol–water partition coefficient (Wildman–Crippen LogP) is 3.54. The SMILES string of the molecule is CC(=NCc1cccs1)c1c(C)[nH]n(-c2ccccc2)c1=O. The molecule has 0 atom stereocenters. The van der Waals surface area contributed by atoms with Crippen molar-refractivity contribution in [2.45, 2.75) is 20.4 Å². The van der Waals surface area contributed by atoms with Gasteiger partial charge in [-0.3, -0.25) is 14.9 Å². The predicted molar refractivity (Wildman–Crippen MR) is 91.4 cm³/mol. The molecule has 0 aliphatic heterocycles. The summed E-state index contributed by atoms with van der Waals surface area (Å²) < 4.78 is 1.56. The highest BCUT2D eigenvalue weighted by atomic mass is 32.1. The van der Waals surface area contributed by atoms with Gasteiger partial charge in [0.1, 0.15) is 0 Å². The molecule has 2 heterocycles. The minimum Gasteiger partial charge on any atom is -0.295 e. The average molecular weight is 311 g/mol. The largest absolute Gasteiger partial charge is 0.295 e. The topological polar surface area (TPSA) is 50.1 Å². The molecule has 22 heavy (non-hydrogen) atoms. The number of nitrogens with zero attached hydrogens (tertiary/aromatic N) is 2. The third-order valence-electron chi connectivity index (χ3n) is 3.50. The van der Waals surface area contributed by atoms with Crippen LogP contribution in [-0.2, 0) is 6.54 Å². The Balaban J connectivity index is 1.96. The van der Waals surface area contributed by atoms with Crippen LogP contribution >= 0.6 is 11.3 Å². The zero-order valence-corrected chi connectivity index (χ0v) is 13.4. The first-order valence-corrected chi connectivity index (χ1v) is 7.95. The molecule has 0 bridgehead atoms. The van der Waals surface area contributed by atoms with E-state index in [0.717, 1.165) is 17.1 Å². The number of hydrogen-bond donors (Lipinski definition) is 1. The fourth-order valence-corrected chi connectivity index (χ4v) is 3.04. The van der Waals surface area contributed by atoms with Gasteiger partial charge in [0, 0.05) is 16.3 Å². The Hall–Kier alpha value is -2.40. The van der Waals surface area contributed by atoms with E-state index in [-0.39, 0.29) is 5.56 Å². The van der Waals surface area contributed by atoms with Crippen LogP contribution in [0.4, 0.5) is 0 Å². The Morgan fingerprint density at radius 1 is 1.23 bits per heavy atom. The monoisotopic (exact) mass is 311 g/mol. The van der Waals surface area contributed by atoms with Crippen molar-refractivity contribution in [3.8, 4) is 5.69 Å². The first-order valence-electron chi connectivity index (χ1n) is 7.07. The quantitative estimate of drug-likeness (QED) is 0.736. The Bertz CT molecular complexity index is 842. The molecule has 4 nitrogen and oxygen atoms in total. The van der Waals surface area contributed by atoms with Gasteiger partial charge in [0.25, 0.3) is 5.56 Å². The zero-order chi connectivity index (χ0) is 15.5. The molecule has 0 aliphatic rings. The second-order valence-corrected chi connectivity index (χ2v) is 6.10. The van der Waals surface area contributed by atoms with Crippen LogP contribution in [-0.4, -0.2) is 15.5 Å². The summed E-state index contributed by atoms with van der Waals surface area (Å²) in [5.74, 6) is 0. The highest BCUT2D eigenvalue weighted by Crippen LogP contribution is 2.12. The number of hydrogen-bond acceptors (Lipinski definition) is 3. The third-order valence-corrected chi connectivity index (χ3v) is 4.36. The molecule has 0 fully saturated rings. The fraction of sp³-hybridized carbons (Fsp3) is 0.176. The summed E-state index contributed by atoms with van der Waals surface area (Å²) in [5.41, 5.74) is 3.02. The molecule has 1 aromatic carbocycles. The summed E-state index contributed by atoms with van der Waals surface area (Å²) in [4.78, 5) is 18.4. The lowest BCUT2D eigenvalue weighted by atomic mass is 10.2. The summed E-state index contributed by atoms with van der Waals surface area (Å²) in [6.45, 7) is 4.40. The summed E-state index contributed by atoms with van der Waals surface area (Å²) >= 11 is 1.67. The van der Waals surface area contributed by atoms with Crippen molar-refractivity contribution < 1.29 is 0 Å². The fourth-order valence-electron chi connectivity index (χ4n) is 2.41. The van der Waals surface area contributed by atoms with Crippen molar-refractivity contribution in [3.63, 3.8) is 0 Å². The number of aromatic amines is 1. The van der Waals surface area contributed by atoms with Gasteiger partial charge in [-0.05, 0) is 37.4 Å². The number of aromatic nitrogens is 2. The molecule has 0 unspecified atom stereocenters. The highest BCUT2D eigenvalue weighted by Gasteiger charge is 2.14. The Morgan fingerprint density at radius 2 is 2.00 bits per heavy atom. The maximum atomic E-state index is 12.6. The third kappa shape index (κ3) is 2.80. The molecule has 112 valence electrons. The number of para-hydroxylation sites is 1. The number of benzene rings is 1. The molecule has 0 amide bonds. The molecule has 0 aliphatic carbocycles. The van der Waals surface area contributed by atoms with E-state index in [1.807, 2.05) is 61.7 Å². The second-order valence-electron chi connectivity index (χ2n) is 5.07. The minimum atomic E-state index is -0.0591.